The van der Waals surface area contributed by atoms with Crippen molar-refractivity contribution < 1.29 is 18.7 Å². The van der Waals surface area contributed by atoms with Crippen molar-refractivity contribution >= 4 is 11.8 Å². The average Bonchev–Trinajstić information content (AvgIpc) is 2.89. The zero-order valence-electron chi connectivity index (χ0n) is 9.12. The minimum Gasteiger partial charge on any atom is -0.619 e. The van der Waals surface area contributed by atoms with Crippen molar-refractivity contribution in [3.05, 3.63) is 59.5 Å². The molecule has 2 N–H and O–H groups in total. The third kappa shape index (κ3) is 2.64. The highest BCUT2D eigenvalue weighted by molar-refractivity contribution is 5.97. The highest BCUT2D eigenvalue weighted by Gasteiger charge is 2.12. The lowest BCUT2D eigenvalue weighted by atomic mass is 10.3. The van der Waals surface area contributed by atoms with Crippen LogP contribution < -0.4 is 15.6 Å². The molecule has 92 valence electrons. The Bertz CT molecular complexity index is 565. The predicted molar refractivity (Wildman–Crippen MR) is 59.0 cm³/mol. The van der Waals surface area contributed by atoms with Crippen molar-refractivity contribution in [2.24, 2.45) is 0 Å². The molecular formula is C11H9N3O4. The maximum atomic E-state index is 11.6. The summed E-state index contributed by atoms with van der Waals surface area (Å²) in [5.41, 5.74) is 4.45. The van der Waals surface area contributed by atoms with E-state index in [-0.39, 0.29) is 11.3 Å². The fourth-order valence-corrected chi connectivity index (χ4v) is 1.24. The molecule has 0 aliphatic rings. The van der Waals surface area contributed by atoms with Gasteiger partial charge < -0.3 is 9.62 Å². The zero-order chi connectivity index (χ0) is 13.0. The summed E-state index contributed by atoms with van der Waals surface area (Å²) in [7, 11) is 0. The fourth-order valence-electron chi connectivity index (χ4n) is 1.24. The number of pyridine rings is 1. The van der Waals surface area contributed by atoms with Gasteiger partial charge >= 0.3 is 5.91 Å². The first kappa shape index (κ1) is 11.6. The van der Waals surface area contributed by atoms with Crippen LogP contribution in [0.15, 0.2) is 47.3 Å². The van der Waals surface area contributed by atoms with Gasteiger partial charge in [0.05, 0.1) is 6.26 Å². The third-order valence-corrected chi connectivity index (χ3v) is 2.07. The van der Waals surface area contributed by atoms with Gasteiger partial charge in [-0.05, 0) is 18.2 Å². The Morgan fingerprint density at radius 2 is 1.94 bits per heavy atom. The van der Waals surface area contributed by atoms with Crippen LogP contribution >= 0.6 is 0 Å². The largest absolute Gasteiger partial charge is 0.619 e. The van der Waals surface area contributed by atoms with E-state index in [2.05, 4.69) is 10.9 Å². The number of amides is 2. The Hall–Kier alpha value is -2.83. The van der Waals surface area contributed by atoms with Crippen LogP contribution in [0.25, 0.3) is 0 Å². The van der Waals surface area contributed by atoms with Crippen molar-refractivity contribution in [3.8, 4) is 0 Å². The number of aromatic nitrogens is 1. The topological polar surface area (TPSA) is 98.3 Å². The van der Waals surface area contributed by atoms with Gasteiger partial charge in [-0.3, -0.25) is 20.4 Å². The molecule has 0 aliphatic heterocycles. The van der Waals surface area contributed by atoms with Gasteiger partial charge in [0.25, 0.3) is 5.91 Å². The quantitative estimate of drug-likeness (QED) is 0.443. The van der Waals surface area contributed by atoms with Crippen LogP contribution in [-0.2, 0) is 0 Å². The first-order valence-corrected chi connectivity index (χ1v) is 5.00. The number of hydrazine groups is 1. The second-order valence-corrected chi connectivity index (χ2v) is 3.34. The molecule has 0 fully saturated rings. The molecular weight excluding hydrogens is 238 g/mol. The van der Waals surface area contributed by atoms with Gasteiger partial charge in [0.1, 0.15) is 5.56 Å². The summed E-state index contributed by atoms with van der Waals surface area (Å²) >= 11 is 0. The number of rotatable bonds is 2. The molecule has 0 unspecified atom stereocenters. The van der Waals surface area contributed by atoms with Crippen molar-refractivity contribution in [2.45, 2.75) is 0 Å². The molecule has 2 rings (SSSR count). The lowest BCUT2D eigenvalue weighted by Crippen LogP contribution is -2.42. The van der Waals surface area contributed by atoms with Gasteiger partial charge in [-0.2, -0.15) is 4.73 Å². The summed E-state index contributed by atoms with van der Waals surface area (Å²) in [5.74, 6) is -1.11. The van der Waals surface area contributed by atoms with Crippen molar-refractivity contribution in [3.63, 3.8) is 0 Å². The minimum absolute atomic E-state index is 0.0715. The van der Waals surface area contributed by atoms with Crippen LogP contribution in [0.1, 0.15) is 20.9 Å². The van der Waals surface area contributed by atoms with E-state index < -0.39 is 11.8 Å². The molecule has 0 saturated carbocycles. The van der Waals surface area contributed by atoms with Gasteiger partial charge in [-0.25, -0.2) is 0 Å². The summed E-state index contributed by atoms with van der Waals surface area (Å²) in [6.45, 7) is 0. The number of nitrogens with one attached hydrogen (secondary N) is 2. The van der Waals surface area contributed by atoms with Crippen LogP contribution in [0.3, 0.4) is 0 Å². The predicted octanol–water partition coefficient (Wildman–Crippen LogP) is -0.0122. The number of hydrogen-bond acceptors (Lipinski definition) is 4. The number of furan rings is 1. The van der Waals surface area contributed by atoms with Crippen LogP contribution in [0.4, 0.5) is 0 Å². The van der Waals surface area contributed by atoms with E-state index in [0.717, 1.165) is 6.20 Å². The van der Waals surface area contributed by atoms with Crippen molar-refractivity contribution in [1.29, 1.82) is 0 Å². The zero-order valence-corrected chi connectivity index (χ0v) is 9.12. The van der Waals surface area contributed by atoms with Crippen LogP contribution in [0.5, 0.6) is 0 Å². The molecule has 7 nitrogen and oxygen atoms in total. The molecule has 18 heavy (non-hydrogen) atoms. The minimum atomic E-state index is -0.597. The Morgan fingerprint density at radius 3 is 2.61 bits per heavy atom. The van der Waals surface area contributed by atoms with Crippen LogP contribution in [0, 0.1) is 5.21 Å². The molecule has 2 amide bonds. The summed E-state index contributed by atoms with van der Waals surface area (Å²) in [6.07, 6.45) is 3.68. The second kappa shape index (κ2) is 5.00. The van der Waals surface area contributed by atoms with E-state index in [1.54, 1.807) is 6.07 Å². The Labute approximate surface area is 102 Å². The van der Waals surface area contributed by atoms with E-state index >= 15 is 0 Å². The summed E-state index contributed by atoms with van der Waals surface area (Å²) in [4.78, 5) is 23.0. The molecule has 0 atom stereocenters. The molecule has 0 aliphatic carbocycles. The van der Waals surface area contributed by atoms with Crippen LogP contribution in [0.2, 0.25) is 0 Å². The second-order valence-electron chi connectivity index (χ2n) is 3.34. The Kier molecular flexibility index (Phi) is 3.24. The fraction of sp³-hybridized carbons (Fsp3) is 0. The van der Waals surface area contributed by atoms with Crippen molar-refractivity contribution in [1.82, 2.24) is 10.9 Å². The Morgan fingerprint density at radius 1 is 1.17 bits per heavy atom. The molecule has 2 aromatic rings. The number of nitrogens with zero attached hydrogens (tertiary/aromatic N) is 1. The first-order valence-electron chi connectivity index (χ1n) is 5.00. The maximum Gasteiger partial charge on any atom is 0.305 e. The Balaban J connectivity index is 1.95. The highest BCUT2D eigenvalue weighted by atomic mass is 16.5. The number of hydrogen-bond donors (Lipinski definition) is 2. The van der Waals surface area contributed by atoms with E-state index in [9.17, 15) is 14.8 Å². The SMILES string of the molecule is O=C(NNC(=O)c1ccco1)c1ccc[n+]([O-])c1. The number of carbonyl (C=O) groups is 2. The smallest absolute Gasteiger partial charge is 0.305 e. The van der Waals surface area contributed by atoms with E-state index in [0.29, 0.717) is 4.73 Å². The monoisotopic (exact) mass is 247 g/mol. The van der Waals surface area contributed by atoms with Gasteiger partial charge in [-0.15, -0.1) is 0 Å². The van der Waals surface area contributed by atoms with E-state index in [1.807, 2.05) is 0 Å². The molecule has 0 aromatic carbocycles. The third-order valence-electron chi connectivity index (χ3n) is 2.07. The molecule has 0 saturated heterocycles. The first-order chi connectivity index (χ1) is 8.66. The van der Waals surface area contributed by atoms with E-state index in [4.69, 9.17) is 4.42 Å². The summed E-state index contributed by atoms with van der Waals surface area (Å²) in [6, 6.07) is 5.88. The summed E-state index contributed by atoms with van der Waals surface area (Å²) in [5, 5.41) is 11.0. The molecule has 0 radical (unpaired) electrons. The number of carbonyl (C=O) groups excluding carboxylic acids is 2. The average molecular weight is 247 g/mol. The van der Waals surface area contributed by atoms with Gasteiger partial charge in [0.2, 0.25) is 0 Å². The molecule has 2 aromatic heterocycles. The molecule has 0 spiro atoms. The standard InChI is InChI=1S/C11H9N3O4/c15-10(8-3-1-5-14(17)7-8)12-13-11(16)9-4-2-6-18-9/h1-7H,(H,12,15)(H,13,16). The molecule has 0 bridgehead atoms. The van der Waals surface area contributed by atoms with Crippen LogP contribution in [-0.4, -0.2) is 11.8 Å². The summed E-state index contributed by atoms with van der Waals surface area (Å²) < 4.78 is 5.32. The normalized spacial score (nSPS) is 9.78. The van der Waals surface area contributed by atoms with E-state index in [1.165, 1.54) is 30.7 Å². The van der Waals surface area contributed by atoms with Gasteiger partial charge in [-0.1, -0.05) is 0 Å². The lowest BCUT2D eigenvalue weighted by Gasteiger charge is -2.05. The molecule has 7 heteroatoms. The molecule has 2 heterocycles. The maximum absolute atomic E-state index is 11.6. The lowest BCUT2D eigenvalue weighted by molar-refractivity contribution is -0.605. The van der Waals surface area contributed by atoms with Gasteiger partial charge in [0, 0.05) is 6.07 Å². The highest BCUT2D eigenvalue weighted by Crippen LogP contribution is 1.98. The van der Waals surface area contributed by atoms with Crippen molar-refractivity contribution in [2.75, 3.05) is 0 Å². The van der Waals surface area contributed by atoms with Gasteiger partial charge in [0.15, 0.2) is 18.2 Å².